The van der Waals surface area contributed by atoms with Crippen LogP contribution in [0.1, 0.15) is 31.2 Å². The van der Waals surface area contributed by atoms with Crippen LogP contribution in [-0.4, -0.2) is 37.7 Å². The van der Waals surface area contributed by atoms with Crippen molar-refractivity contribution in [3.05, 3.63) is 29.6 Å². The first-order chi connectivity index (χ1) is 11.4. The Morgan fingerprint density at radius 2 is 2.08 bits per heavy atom. The van der Waals surface area contributed by atoms with E-state index in [1.807, 2.05) is 20.9 Å². The van der Waals surface area contributed by atoms with E-state index in [1.165, 1.54) is 0 Å². The van der Waals surface area contributed by atoms with E-state index in [9.17, 15) is 8.42 Å². The van der Waals surface area contributed by atoms with Gasteiger partial charge < -0.3 is 9.84 Å². The molecule has 1 aromatic carbocycles. The summed E-state index contributed by atoms with van der Waals surface area (Å²) < 4.78 is 32.8. The highest BCUT2D eigenvalue weighted by atomic mass is 35.5. The number of aryl methyl sites for hydroxylation is 1. The summed E-state index contributed by atoms with van der Waals surface area (Å²) in [7, 11) is -1.64. The van der Waals surface area contributed by atoms with Crippen molar-refractivity contribution in [2.75, 3.05) is 7.05 Å². The molecule has 2 N–H and O–H groups in total. The Morgan fingerprint density at radius 1 is 1.36 bits per heavy atom. The van der Waals surface area contributed by atoms with E-state index >= 15 is 0 Å². The van der Waals surface area contributed by atoms with E-state index in [0.29, 0.717) is 23.7 Å². The number of benzene rings is 1. The molecule has 0 bridgehead atoms. The number of halogens is 1. The summed E-state index contributed by atoms with van der Waals surface area (Å²) in [4.78, 5) is 4.61. The standard InChI is InChI=1S/C16H22N4O3S.ClH/c1-10-4-7-13(24(21,22)20-12-5-6-12)9-14(10)16-18-15(19-23-16)8-11(2)17-3;/h4,7,9,11-12,17,20H,5-6,8H2,1-3H3;1H. The van der Waals surface area contributed by atoms with E-state index in [2.05, 4.69) is 20.2 Å². The van der Waals surface area contributed by atoms with E-state index < -0.39 is 10.0 Å². The molecule has 1 aromatic heterocycles. The van der Waals surface area contributed by atoms with E-state index in [0.717, 1.165) is 18.4 Å². The maximum absolute atomic E-state index is 12.4. The molecule has 1 aliphatic rings. The molecule has 0 saturated heterocycles. The average Bonchev–Trinajstić information content (AvgIpc) is 3.22. The molecule has 9 heteroatoms. The summed E-state index contributed by atoms with van der Waals surface area (Å²) in [6.07, 6.45) is 2.43. The van der Waals surface area contributed by atoms with Gasteiger partial charge in [-0.3, -0.25) is 0 Å². The van der Waals surface area contributed by atoms with Crippen molar-refractivity contribution in [2.45, 2.75) is 50.1 Å². The van der Waals surface area contributed by atoms with Gasteiger partial charge in [-0.1, -0.05) is 11.2 Å². The van der Waals surface area contributed by atoms with Crippen LogP contribution < -0.4 is 10.0 Å². The van der Waals surface area contributed by atoms with Crippen LogP contribution in [0.25, 0.3) is 11.5 Å². The van der Waals surface area contributed by atoms with Crippen LogP contribution in [-0.2, 0) is 16.4 Å². The number of nitrogens with one attached hydrogen (secondary N) is 2. The Labute approximate surface area is 154 Å². The molecule has 25 heavy (non-hydrogen) atoms. The number of sulfonamides is 1. The maximum Gasteiger partial charge on any atom is 0.258 e. The van der Waals surface area contributed by atoms with Gasteiger partial charge in [0.25, 0.3) is 5.89 Å². The lowest BCUT2D eigenvalue weighted by Gasteiger charge is -2.08. The third kappa shape index (κ3) is 4.78. The molecule has 7 nitrogen and oxygen atoms in total. The third-order valence-corrected chi connectivity index (χ3v) is 5.62. The second-order valence-electron chi connectivity index (χ2n) is 6.28. The van der Waals surface area contributed by atoms with Crippen molar-refractivity contribution in [2.24, 2.45) is 0 Å². The average molecular weight is 387 g/mol. The molecule has 138 valence electrons. The monoisotopic (exact) mass is 386 g/mol. The van der Waals surface area contributed by atoms with Gasteiger partial charge in [0.2, 0.25) is 10.0 Å². The summed E-state index contributed by atoms with van der Waals surface area (Å²) in [6.45, 7) is 3.91. The molecule has 0 aliphatic heterocycles. The van der Waals surface area contributed by atoms with E-state index in [-0.39, 0.29) is 29.4 Å². The number of likely N-dealkylation sites (N-methyl/N-ethyl adjacent to an activating group) is 1. The van der Waals surface area contributed by atoms with Gasteiger partial charge in [-0.2, -0.15) is 4.98 Å². The predicted molar refractivity (Wildman–Crippen MR) is 97.3 cm³/mol. The third-order valence-electron chi connectivity index (χ3n) is 4.10. The Hall–Kier alpha value is -1.48. The Bertz CT molecular complexity index is 834. The van der Waals surface area contributed by atoms with Crippen LogP contribution in [0.3, 0.4) is 0 Å². The largest absolute Gasteiger partial charge is 0.334 e. The SMILES string of the molecule is CNC(C)Cc1noc(-c2cc(S(=O)(=O)NC3CC3)ccc2C)n1.Cl. The number of nitrogens with zero attached hydrogens (tertiary/aromatic N) is 2. The Morgan fingerprint density at radius 3 is 2.72 bits per heavy atom. The van der Waals surface area contributed by atoms with Crippen molar-refractivity contribution in [1.29, 1.82) is 0 Å². The summed E-state index contributed by atoms with van der Waals surface area (Å²) >= 11 is 0. The van der Waals surface area contributed by atoms with Gasteiger partial charge in [0.05, 0.1) is 4.90 Å². The van der Waals surface area contributed by atoms with Crippen LogP contribution in [0.5, 0.6) is 0 Å². The summed E-state index contributed by atoms with van der Waals surface area (Å²) in [5.74, 6) is 0.935. The van der Waals surface area contributed by atoms with Gasteiger partial charge in [0, 0.05) is 24.1 Å². The van der Waals surface area contributed by atoms with Crippen LogP contribution in [0, 0.1) is 6.92 Å². The number of aromatic nitrogens is 2. The van der Waals surface area contributed by atoms with E-state index in [1.54, 1.807) is 18.2 Å². The Kier molecular flexibility index (Phi) is 6.21. The zero-order chi connectivity index (χ0) is 17.3. The number of hydrogen-bond acceptors (Lipinski definition) is 6. The molecule has 0 amide bonds. The molecule has 2 aromatic rings. The molecule has 1 heterocycles. The molecular formula is C16H23ClN4O3S. The molecule has 1 atom stereocenters. The lowest BCUT2D eigenvalue weighted by atomic mass is 10.1. The second kappa shape index (κ2) is 7.82. The van der Waals surface area contributed by atoms with Gasteiger partial charge in [-0.25, -0.2) is 13.1 Å². The fourth-order valence-electron chi connectivity index (χ4n) is 2.31. The van der Waals surface area contributed by atoms with Crippen LogP contribution >= 0.6 is 12.4 Å². The van der Waals surface area contributed by atoms with Crippen molar-refractivity contribution < 1.29 is 12.9 Å². The molecule has 1 saturated carbocycles. The van der Waals surface area contributed by atoms with Crippen molar-refractivity contribution in [3.63, 3.8) is 0 Å². The van der Waals surface area contributed by atoms with E-state index in [4.69, 9.17) is 4.52 Å². The molecule has 0 radical (unpaired) electrons. The van der Waals surface area contributed by atoms with Crippen LogP contribution in [0.4, 0.5) is 0 Å². The molecular weight excluding hydrogens is 364 g/mol. The highest BCUT2D eigenvalue weighted by Crippen LogP contribution is 2.27. The highest BCUT2D eigenvalue weighted by Gasteiger charge is 2.28. The van der Waals surface area contributed by atoms with Crippen molar-refractivity contribution in [3.8, 4) is 11.5 Å². The predicted octanol–water partition coefficient (Wildman–Crippen LogP) is 2.06. The van der Waals surface area contributed by atoms with Gasteiger partial charge >= 0.3 is 0 Å². The number of rotatable bonds is 7. The molecule has 1 fully saturated rings. The first kappa shape index (κ1) is 19.8. The normalized spacial score (nSPS) is 15.6. The van der Waals surface area contributed by atoms with Crippen molar-refractivity contribution >= 4 is 22.4 Å². The van der Waals surface area contributed by atoms with Gasteiger partial charge in [-0.15, -0.1) is 12.4 Å². The van der Waals surface area contributed by atoms with Gasteiger partial charge in [-0.05, 0) is 51.4 Å². The molecule has 3 rings (SSSR count). The first-order valence-corrected chi connectivity index (χ1v) is 9.50. The fraction of sp³-hybridized carbons (Fsp3) is 0.500. The zero-order valence-electron chi connectivity index (χ0n) is 14.4. The maximum atomic E-state index is 12.4. The molecule has 1 unspecified atom stereocenters. The van der Waals surface area contributed by atoms with Gasteiger partial charge in [0.1, 0.15) is 0 Å². The molecule has 1 aliphatic carbocycles. The quantitative estimate of drug-likeness (QED) is 0.755. The smallest absolute Gasteiger partial charge is 0.258 e. The van der Waals surface area contributed by atoms with Crippen LogP contribution in [0.15, 0.2) is 27.6 Å². The minimum Gasteiger partial charge on any atom is -0.334 e. The van der Waals surface area contributed by atoms with Gasteiger partial charge in [0.15, 0.2) is 5.82 Å². The second-order valence-corrected chi connectivity index (χ2v) is 8.00. The van der Waals surface area contributed by atoms with Crippen molar-refractivity contribution in [1.82, 2.24) is 20.2 Å². The summed E-state index contributed by atoms with van der Waals surface area (Å²) in [5.41, 5.74) is 1.53. The minimum absolute atomic E-state index is 0. The lowest BCUT2D eigenvalue weighted by molar-refractivity contribution is 0.418. The summed E-state index contributed by atoms with van der Waals surface area (Å²) in [5, 5.41) is 7.10. The minimum atomic E-state index is -3.51. The summed E-state index contributed by atoms with van der Waals surface area (Å²) in [6, 6.07) is 5.25. The molecule has 0 spiro atoms. The van der Waals surface area contributed by atoms with Crippen LogP contribution in [0.2, 0.25) is 0 Å². The first-order valence-electron chi connectivity index (χ1n) is 8.02. The lowest BCUT2D eigenvalue weighted by Crippen LogP contribution is -2.25. The topological polar surface area (TPSA) is 97.1 Å². The highest BCUT2D eigenvalue weighted by molar-refractivity contribution is 7.89. The number of hydrogen-bond donors (Lipinski definition) is 2. The Balaban J connectivity index is 0.00000225. The zero-order valence-corrected chi connectivity index (χ0v) is 16.1. The fourth-order valence-corrected chi connectivity index (χ4v) is 3.64.